The van der Waals surface area contributed by atoms with Gasteiger partial charge in [-0.3, -0.25) is 4.79 Å². The molecule has 0 aliphatic carbocycles. The summed E-state index contributed by atoms with van der Waals surface area (Å²) in [5, 5.41) is 2.71. The Morgan fingerprint density at radius 2 is 2.06 bits per heavy atom. The van der Waals surface area contributed by atoms with Crippen LogP contribution in [0.3, 0.4) is 0 Å². The molecular weight excluding hydrogens is 202 g/mol. The Bertz CT molecular complexity index is 335. The zero-order valence-electron chi connectivity index (χ0n) is 9.48. The first-order chi connectivity index (χ1) is 7.77. The van der Waals surface area contributed by atoms with Crippen LogP contribution in [0.1, 0.15) is 36.5 Å². The maximum absolute atomic E-state index is 11.7. The highest BCUT2D eigenvalue weighted by Gasteiger charge is 2.11. The molecule has 0 bridgehead atoms. The third-order valence-corrected chi connectivity index (χ3v) is 2.39. The lowest BCUT2D eigenvalue weighted by Crippen LogP contribution is -2.35. The Morgan fingerprint density at radius 3 is 2.62 bits per heavy atom. The van der Waals surface area contributed by atoms with Crippen molar-refractivity contribution in [2.45, 2.75) is 32.2 Å². The lowest BCUT2D eigenvalue weighted by atomic mass is 10.1. The number of hydrogen-bond donors (Lipinski definition) is 1. The molecule has 1 amide bonds. The number of rotatable bonds is 6. The quantitative estimate of drug-likeness (QED) is 0.745. The zero-order valence-corrected chi connectivity index (χ0v) is 9.48. The number of benzene rings is 1. The fourth-order valence-corrected chi connectivity index (χ4v) is 1.44. The van der Waals surface area contributed by atoms with Crippen LogP contribution in [0.15, 0.2) is 30.3 Å². The van der Waals surface area contributed by atoms with Gasteiger partial charge in [0.2, 0.25) is 0 Å². The number of hydrogen-bond acceptors (Lipinski definition) is 2. The summed E-state index contributed by atoms with van der Waals surface area (Å²) >= 11 is 0. The molecule has 0 saturated carbocycles. The zero-order chi connectivity index (χ0) is 11.8. The minimum absolute atomic E-state index is 0.186. The van der Waals surface area contributed by atoms with E-state index in [-0.39, 0.29) is 11.9 Å². The van der Waals surface area contributed by atoms with Crippen LogP contribution in [0.5, 0.6) is 0 Å². The maximum Gasteiger partial charge on any atom is 0.251 e. The molecule has 1 aromatic rings. The monoisotopic (exact) mass is 219 g/mol. The molecule has 0 spiro atoms. The van der Waals surface area contributed by atoms with Gasteiger partial charge in [-0.1, -0.05) is 38.0 Å². The summed E-state index contributed by atoms with van der Waals surface area (Å²) in [7, 11) is 0. The minimum Gasteiger partial charge on any atom is -0.343 e. The third-order valence-electron chi connectivity index (χ3n) is 2.39. The second-order valence-corrected chi connectivity index (χ2v) is 3.72. The van der Waals surface area contributed by atoms with Gasteiger partial charge >= 0.3 is 0 Å². The van der Waals surface area contributed by atoms with Gasteiger partial charge in [-0.2, -0.15) is 0 Å². The van der Waals surface area contributed by atoms with E-state index in [1.165, 1.54) is 0 Å². The van der Waals surface area contributed by atoms with E-state index in [9.17, 15) is 9.59 Å². The van der Waals surface area contributed by atoms with Crippen LogP contribution in [0.25, 0.3) is 0 Å². The largest absolute Gasteiger partial charge is 0.343 e. The fraction of sp³-hybridized carbons (Fsp3) is 0.385. The minimum atomic E-state index is -0.368. The summed E-state index contributed by atoms with van der Waals surface area (Å²) < 4.78 is 0. The molecule has 86 valence electrons. The van der Waals surface area contributed by atoms with E-state index in [1.807, 2.05) is 6.07 Å². The van der Waals surface area contributed by atoms with Gasteiger partial charge in [-0.15, -0.1) is 0 Å². The smallest absolute Gasteiger partial charge is 0.251 e. The third kappa shape index (κ3) is 3.85. The Kier molecular flexibility index (Phi) is 5.26. The van der Waals surface area contributed by atoms with Gasteiger partial charge in [0.05, 0.1) is 6.04 Å². The SMILES string of the molecule is CCCCC(C=O)NC(=O)c1ccccc1. The van der Waals surface area contributed by atoms with Crippen molar-refractivity contribution in [3.8, 4) is 0 Å². The van der Waals surface area contributed by atoms with Crippen LogP contribution in [0.4, 0.5) is 0 Å². The van der Waals surface area contributed by atoms with Crippen LogP contribution >= 0.6 is 0 Å². The summed E-state index contributed by atoms with van der Waals surface area (Å²) in [4.78, 5) is 22.5. The summed E-state index contributed by atoms with van der Waals surface area (Å²) in [6.45, 7) is 2.06. The summed E-state index contributed by atoms with van der Waals surface area (Å²) in [5.74, 6) is -0.186. The molecule has 1 aromatic carbocycles. The van der Waals surface area contributed by atoms with Crippen molar-refractivity contribution in [1.82, 2.24) is 5.32 Å². The van der Waals surface area contributed by atoms with E-state index >= 15 is 0 Å². The highest BCUT2D eigenvalue weighted by atomic mass is 16.2. The lowest BCUT2D eigenvalue weighted by Gasteiger charge is -2.11. The van der Waals surface area contributed by atoms with E-state index in [1.54, 1.807) is 24.3 Å². The summed E-state index contributed by atoms with van der Waals surface area (Å²) in [6.07, 6.45) is 3.47. The molecule has 0 aliphatic heterocycles. The van der Waals surface area contributed by atoms with Gasteiger partial charge in [-0.05, 0) is 18.6 Å². The Morgan fingerprint density at radius 1 is 1.38 bits per heavy atom. The molecule has 0 aromatic heterocycles. The predicted molar refractivity (Wildman–Crippen MR) is 63.3 cm³/mol. The topological polar surface area (TPSA) is 46.2 Å². The second kappa shape index (κ2) is 6.77. The van der Waals surface area contributed by atoms with Crippen LogP contribution in [0, 0.1) is 0 Å². The van der Waals surface area contributed by atoms with Gasteiger partial charge in [0.25, 0.3) is 5.91 Å². The molecule has 0 aliphatic rings. The number of aldehydes is 1. The van der Waals surface area contributed by atoms with E-state index in [4.69, 9.17) is 0 Å². The van der Waals surface area contributed by atoms with Gasteiger partial charge in [0.15, 0.2) is 0 Å². The Hall–Kier alpha value is -1.64. The first-order valence-electron chi connectivity index (χ1n) is 5.59. The van der Waals surface area contributed by atoms with Crippen molar-refractivity contribution in [3.63, 3.8) is 0 Å². The molecule has 0 saturated heterocycles. The number of carbonyl (C=O) groups is 2. The van der Waals surface area contributed by atoms with Crippen LogP contribution in [-0.4, -0.2) is 18.2 Å². The number of amides is 1. The highest BCUT2D eigenvalue weighted by molar-refractivity contribution is 5.95. The molecule has 1 unspecified atom stereocenters. The average molecular weight is 219 g/mol. The normalized spacial score (nSPS) is 11.8. The molecule has 3 heteroatoms. The molecule has 0 fully saturated rings. The molecular formula is C13H17NO2. The Balaban J connectivity index is 2.52. The van der Waals surface area contributed by atoms with E-state index in [0.29, 0.717) is 12.0 Å². The summed E-state index contributed by atoms with van der Waals surface area (Å²) in [5.41, 5.74) is 0.589. The molecule has 3 nitrogen and oxygen atoms in total. The highest BCUT2D eigenvalue weighted by Crippen LogP contribution is 2.02. The standard InChI is InChI=1S/C13H17NO2/c1-2-3-9-12(10-15)14-13(16)11-7-5-4-6-8-11/h4-8,10,12H,2-3,9H2,1H3,(H,14,16). The van der Waals surface area contributed by atoms with Gasteiger partial charge in [0, 0.05) is 5.56 Å². The first-order valence-corrected chi connectivity index (χ1v) is 5.59. The van der Waals surface area contributed by atoms with Crippen molar-refractivity contribution in [1.29, 1.82) is 0 Å². The van der Waals surface area contributed by atoms with Crippen LogP contribution in [-0.2, 0) is 4.79 Å². The molecule has 1 N–H and O–H groups in total. The van der Waals surface area contributed by atoms with Crippen molar-refractivity contribution in [3.05, 3.63) is 35.9 Å². The molecule has 0 radical (unpaired) electrons. The Labute approximate surface area is 95.9 Å². The average Bonchev–Trinajstić information content (AvgIpc) is 2.35. The van der Waals surface area contributed by atoms with Crippen molar-refractivity contribution in [2.75, 3.05) is 0 Å². The van der Waals surface area contributed by atoms with Crippen LogP contribution in [0.2, 0.25) is 0 Å². The lowest BCUT2D eigenvalue weighted by molar-refractivity contribution is -0.109. The van der Waals surface area contributed by atoms with E-state index in [2.05, 4.69) is 12.2 Å². The molecule has 1 rings (SSSR count). The van der Waals surface area contributed by atoms with E-state index < -0.39 is 0 Å². The number of nitrogens with one attached hydrogen (secondary N) is 1. The molecule has 16 heavy (non-hydrogen) atoms. The number of carbonyl (C=O) groups excluding carboxylic acids is 2. The first kappa shape index (κ1) is 12.4. The van der Waals surface area contributed by atoms with Crippen LogP contribution < -0.4 is 5.32 Å². The molecule has 1 atom stereocenters. The van der Waals surface area contributed by atoms with E-state index in [0.717, 1.165) is 19.1 Å². The summed E-state index contributed by atoms with van der Waals surface area (Å²) in [6, 6.07) is 8.56. The van der Waals surface area contributed by atoms with Crippen molar-refractivity contribution < 1.29 is 9.59 Å². The maximum atomic E-state index is 11.7. The van der Waals surface area contributed by atoms with Gasteiger partial charge < -0.3 is 10.1 Å². The predicted octanol–water partition coefficient (Wildman–Crippen LogP) is 2.17. The van der Waals surface area contributed by atoms with Gasteiger partial charge in [0.1, 0.15) is 6.29 Å². The van der Waals surface area contributed by atoms with Gasteiger partial charge in [-0.25, -0.2) is 0 Å². The van der Waals surface area contributed by atoms with Crippen molar-refractivity contribution >= 4 is 12.2 Å². The fourth-order valence-electron chi connectivity index (χ4n) is 1.44. The second-order valence-electron chi connectivity index (χ2n) is 3.72. The molecule has 0 heterocycles. The van der Waals surface area contributed by atoms with Crippen molar-refractivity contribution in [2.24, 2.45) is 0 Å². The number of unbranched alkanes of at least 4 members (excludes halogenated alkanes) is 1.